The number of hydrogen-bond donors (Lipinski definition) is 0. The lowest BCUT2D eigenvalue weighted by Crippen LogP contribution is -2.30. The lowest BCUT2D eigenvalue weighted by molar-refractivity contribution is -0.167. The van der Waals surface area contributed by atoms with E-state index in [-0.39, 0.29) is 31.1 Å². The third-order valence-corrected chi connectivity index (χ3v) is 12.4. The molecule has 0 aliphatic rings. The van der Waals surface area contributed by atoms with Crippen LogP contribution in [0.3, 0.4) is 0 Å². The second-order valence-electron chi connectivity index (χ2n) is 18.9. The molecule has 0 aromatic heterocycles. The fraction of sp³-hybridized carbons (Fsp3) is 0.845. The summed E-state index contributed by atoms with van der Waals surface area (Å²) in [4.78, 5) is 38.1. The van der Waals surface area contributed by atoms with Gasteiger partial charge in [0.2, 0.25) is 0 Å². The molecule has 0 heterocycles. The van der Waals surface area contributed by atoms with Gasteiger partial charge in [0.15, 0.2) is 6.10 Å². The first-order chi connectivity index (χ1) is 31.5. The van der Waals surface area contributed by atoms with Crippen LogP contribution in [0.1, 0.15) is 297 Å². The minimum Gasteiger partial charge on any atom is -0.462 e. The average molecular weight is 899 g/mol. The van der Waals surface area contributed by atoms with Gasteiger partial charge in [0.05, 0.1) is 0 Å². The molecular weight excluding hydrogens is 793 g/mol. The van der Waals surface area contributed by atoms with Crippen LogP contribution in [0.5, 0.6) is 0 Å². The molecule has 0 aliphatic heterocycles. The molecule has 0 bridgehead atoms. The third-order valence-electron chi connectivity index (χ3n) is 12.4. The van der Waals surface area contributed by atoms with Crippen LogP contribution in [0.25, 0.3) is 0 Å². The first-order valence-electron chi connectivity index (χ1n) is 28.0. The van der Waals surface area contributed by atoms with Gasteiger partial charge < -0.3 is 14.2 Å². The number of hydrogen-bond acceptors (Lipinski definition) is 6. The predicted octanol–water partition coefficient (Wildman–Crippen LogP) is 18.5. The summed E-state index contributed by atoms with van der Waals surface area (Å²) in [5.41, 5.74) is 0. The Kier molecular flexibility index (Phi) is 51.3. The van der Waals surface area contributed by atoms with Crippen LogP contribution in [0.2, 0.25) is 0 Å². The summed E-state index contributed by atoms with van der Waals surface area (Å²) >= 11 is 0. The Labute approximate surface area is 397 Å². The maximum Gasteiger partial charge on any atom is 0.306 e. The fourth-order valence-electron chi connectivity index (χ4n) is 8.14. The number of esters is 3. The van der Waals surface area contributed by atoms with Crippen LogP contribution >= 0.6 is 0 Å². The van der Waals surface area contributed by atoms with Crippen molar-refractivity contribution in [2.45, 2.75) is 303 Å². The van der Waals surface area contributed by atoms with Crippen molar-refractivity contribution >= 4 is 17.9 Å². The van der Waals surface area contributed by atoms with E-state index in [2.05, 4.69) is 57.2 Å². The zero-order valence-electron chi connectivity index (χ0n) is 42.8. The van der Waals surface area contributed by atoms with Gasteiger partial charge in [-0.25, -0.2) is 0 Å². The fourth-order valence-corrected chi connectivity index (χ4v) is 8.14. The number of ether oxygens (including phenoxy) is 3. The zero-order valence-corrected chi connectivity index (χ0v) is 42.8. The summed E-state index contributed by atoms with van der Waals surface area (Å²) in [5.74, 6) is -0.876. The van der Waals surface area contributed by atoms with E-state index in [9.17, 15) is 14.4 Å². The van der Waals surface area contributed by atoms with Gasteiger partial charge in [-0.3, -0.25) is 14.4 Å². The van der Waals surface area contributed by atoms with E-state index in [1.54, 1.807) is 0 Å². The third kappa shape index (κ3) is 50.6. The molecule has 64 heavy (non-hydrogen) atoms. The highest BCUT2D eigenvalue weighted by molar-refractivity contribution is 5.71. The van der Waals surface area contributed by atoms with Crippen molar-refractivity contribution in [1.82, 2.24) is 0 Å². The molecule has 0 rings (SSSR count). The number of carbonyl (C=O) groups is 3. The zero-order chi connectivity index (χ0) is 46.5. The molecule has 0 radical (unpaired) electrons. The molecule has 6 nitrogen and oxygen atoms in total. The van der Waals surface area contributed by atoms with E-state index < -0.39 is 6.10 Å². The Morgan fingerprint density at radius 3 is 0.922 bits per heavy atom. The van der Waals surface area contributed by atoms with Crippen LogP contribution in [0.15, 0.2) is 36.5 Å². The van der Waals surface area contributed by atoms with Crippen LogP contribution in [0, 0.1) is 0 Å². The SMILES string of the molecule is CCCCC/C=C\C=C/CCCCCCCCC(=O)OC(COC(=O)CCCCCCCCC/C=C\CCCCCC)COC(=O)CCCCCCCCCCCCCCCCCC. The molecule has 1 unspecified atom stereocenters. The number of allylic oxidation sites excluding steroid dienone is 6. The Balaban J connectivity index is 4.36. The van der Waals surface area contributed by atoms with E-state index >= 15 is 0 Å². The highest BCUT2D eigenvalue weighted by Gasteiger charge is 2.19. The van der Waals surface area contributed by atoms with Crippen LogP contribution in [0.4, 0.5) is 0 Å². The highest BCUT2D eigenvalue weighted by Crippen LogP contribution is 2.16. The van der Waals surface area contributed by atoms with Crippen molar-refractivity contribution < 1.29 is 28.6 Å². The van der Waals surface area contributed by atoms with Gasteiger partial charge in [-0.05, 0) is 70.6 Å². The van der Waals surface area contributed by atoms with Crippen LogP contribution in [-0.4, -0.2) is 37.2 Å². The molecule has 0 saturated heterocycles. The second-order valence-corrected chi connectivity index (χ2v) is 18.9. The molecule has 6 heteroatoms. The monoisotopic (exact) mass is 899 g/mol. The molecule has 1 atom stereocenters. The van der Waals surface area contributed by atoms with Gasteiger partial charge >= 0.3 is 17.9 Å². The Hall–Kier alpha value is -2.37. The number of carbonyl (C=O) groups excluding carboxylic acids is 3. The topological polar surface area (TPSA) is 78.9 Å². The van der Waals surface area contributed by atoms with Crippen LogP contribution in [-0.2, 0) is 28.6 Å². The van der Waals surface area contributed by atoms with Crippen molar-refractivity contribution in [2.24, 2.45) is 0 Å². The summed E-state index contributed by atoms with van der Waals surface area (Å²) in [6, 6.07) is 0. The smallest absolute Gasteiger partial charge is 0.306 e. The molecule has 0 spiro atoms. The standard InChI is InChI=1S/C58H106O6/c1-4-7-10-13-16-19-22-25-28-31-33-36-39-42-45-48-51-57(60)63-54-55(64-58(61)52-49-46-43-40-37-34-30-27-24-21-18-15-12-9-6-3)53-62-56(59)50-47-44-41-38-35-32-29-26-23-20-17-14-11-8-5-2/h18,20-21,23-24,27,55H,4-17,19,22,25-26,28-54H2,1-3H3/b21-18-,23-20-,27-24-. The minimum absolute atomic E-state index is 0.0748. The Bertz CT molecular complexity index is 1080. The molecule has 0 aromatic carbocycles. The van der Waals surface area contributed by atoms with E-state index in [1.165, 1.54) is 193 Å². The summed E-state index contributed by atoms with van der Waals surface area (Å²) in [6.07, 6.45) is 62.7. The molecule has 0 amide bonds. The van der Waals surface area contributed by atoms with Gasteiger partial charge in [-0.2, -0.15) is 0 Å². The molecule has 0 aliphatic carbocycles. The number of rotatable bonds is 51. The van der Waals surface area contributed by atoms with Crippen molar-refractivity contribution in [2.75, 3.05) is 13.2 Å². The largest absolute Gasteiger partial charge is 0.462 e. The Morgan fingerprint density at radius 1 is 0.312 bits per heavy atom. The van der Waals surface area contributed by atoms with Crippen molar-refractivity contribution in [3.63, 3.8) is 0 Å². The predicted molar refractivity (Wildman–Crippen MR) is 275 cm³/mol. The van der Waals surface area contributed by atoms with Gasteiger partial charge in [0.1, 0.15) is 13.2 Å². The molecule has 0 fully saturated rings. The van der Waals surface area contributed by atoms with E-state index in [0.29, 0.717) is 19.3 Å². The molecule has 374 valence electrons. The maximum atomic E-state index is 12.8. The van der Waals surface area contributed by atoms with Gasteiger partial charge in [-0.1, -0.05) is 243 Å². The molecule has 0 aromatic rings. The van der Waals surface area contributed by atoms with Gasteiger partial charge in [-0.15, -0.1) is 0 Å². The normalized spacial score (nSPS) is 12.2. The van der Waals surface area contributed by atoms with Gasteiger partial charge in [0.25, 0.3) is 0 Å². The number of unbranched alkanes of at least 4 members (excludes halogenated alkanes) is 35. The average Bonchev–Trinajstić information content (AvgIpc) is 3.29. The van der Waals surface area contributed by atoms with Crippen molar-refractivity contribution in [3.8, 4) is 0 Å². The van der Waals surface area contributed by atoms with Crippen LogP contribution < -0.4 is 0 Å². The quantitative estimate of drug-likeness (QED) is 0.0199. The van der Waals surface area contributed by atoms with Crippen molar-refractivity contribution in [1.29, 1.82) is 0 Å². The lowest BCUT2D eigenvalue weighted by atomic mass is 10.0. The summed E-state index contributed by atoms with van der Waals surface area (Å²) in [6.45, 7) is 6.62. The first kappa shape index (κ1) is 61.6. The van der Waals surface area contributed by atoms with E-state index in [1.807, 2.05) is 0 Å². The molecule has 0 saturated carbocycles. The maximum absolute atomic E-state index is 12.8. The molecular formula is C58H106O6. The van der Waals surface area contributed by atoms with E-state index in [4.69, 9.17) is 14.2 Å². The minimum atomic E-state index is -0.777. The van der Waals surface area contributed by atoms with Crippen molar-refractivity contribution in [3.05, 3.63) is 36.5 Å². The summed E-state index contributed by atoms with van der Waals surface area (Å²) in [7, 11) is 0. The first-order valence-corrected chi connectivity index (χ1v) is 28.0. The lowest BCUT2D eigenvalue weighted by Gasteiger charge is -2.18. The van der Waals surface area contributed by atoms with E-state index in [0.717, 1.165) is 64.2 Å². The Morgan fingerprint density at radius 2 is 0.562 bits per heavy atom. The van der Waals surface area contributed by atoms with Gasteiger partial charge in [0, 0.05) is 19.3 Å². The summed E-state index contributed by atoms with van der Waals surface area (Å²) < 4.78 is 16.8. The molecule has 0 N–H and O–H groups in total. The summed E-state index contributed by atoms with van der Waals surface area (Å²) in [5, 5.41) is 0. The highest BCUT2D eigenvalue weighted by atomic mass is 16.6. The second kappa shape index (κ2) is 53.2.